The van der Waals surface area contributed by atoms with E-state index >= 15 is 0 Å². The zero-order chi connectivity index (χ0) is 10.7. The van der Waals surface area contributed by atoms with Crippen molar-refractivity contribution in [2.75, 3.05) is 18.5 Å². The second-order valence-electron chi connectivity index (χ2n) is 3.30. The minimum Gasteiger partial charge on any atom is -0.371 e. The van der Waals surface area contributed by atoms with Crippen LogP contribution in [-0.4, -0.2) is 25.3 Å². The van der Waals surface area contributed by atoms with Crippen molar-refractivity contribution in [3.63, 3.8) is 0 Å². The summed E-state index contributed by atoms with van der Waals surface area (Å²) in [6, 6.07) is 6.71. The molecule has 1 aromatic carbocycles. The maximum absolute atomic E-state index is 11.3. The molecule has 0 aromatic heterocycles. The smallest absolute Gasteiger partial charge is 0.319 e. The minimum atomic E-state index is -0.229. The molecule has 1 saturated heterocycles. The summed E-state index contributed by atoms with van der Waals surface area (Å²) in [5, 5.41) is 6.03. The van der Waals surface area contributed by atoms with Gasteiger partial charge in [-0.1, -0.05) is 11.6 Å². The number of urea groups is 1. The molecular weight excluding hydrogens is 216 g/mol. The van der Waals surface area contributed by atoms with Crippen LogP contribution in [0.3, 0.4) is 0 Å². The molecule has 0 bridgehead atoms. The Balaban J connectivity index is 1.79. The molecule has 1 aliphatic rings. The van der Waals surface area contributed by atoms with E-state index in [0.717, 1.165) is 6.61 Å². The first-order chi connectivity index (χ1) is 7.24. The Labute approximate surface area is 92.6 Å². The molecule has 2 N–H and O–H groups in total. The molecule has 0 saturated carbocycles. The molecular formula is C10H11ClN2O2. The van der Waals surface area contributed by atoms with Crippen LogP contribution in [0.1, 0.15) is 0 Å². The lowest BCUT2D eigenvalue weighted by Crippen LogP contribution is -2.31. The molecule has 5 heteroatoms. The number of amides is 2. The molecule has 1 heterocycles. The Morgan fingerprint density at radius 1 is 1.47 bits per heavy atom. The summed E-state index contributed by atoms with van der Waals surface area (Å²) < 4.78 is 4.96. The number of nitrogens with one attached hydrogen (secondary N) is 2. The van der Waals surface area contributed by atoms with Crippen LogP contribution in [0.2, 0.25) is 5.02 Å². The van der Waals surface area contributed by atoms with Gasteiger partial charge in [-0.2, -0.15) is 0 Å². The van der Waals surface area contributed by atoms with E-state index in [-0.39, 0.29) is 12.1 Å². The molecule has 0 radical (unpaired) electrons. The number of hydrogen-bond acceptors (Lipinski definition) is 2. The third-order valence-corrected chi connectivity index (χ3v) is 2.25. The predicted molar refractivity (Wildman–Crippen MR) is 58.2 cm³/mol. The van der Waals surface area contributed by atoms with Crippen molar-refractivity contribution in [3.8, 4) is 0 Å². The fourth-order valence-corrected chi connectivity index (χ4v) is 1.23. The summed E-state index contributed by atoms with van der Waals surface area (Å²) in [7, 11) is 0. The number of hydrogen-bond donors (Lipinski definition) is 2. The second kappa shape index (κ2) is 4.51. The monoisotopic (exact) mass is 226 g/mol. The van der Waals surface area contributed by atoms with Crippen LogP contribution in [0.15, 0.2) is 24.3 Å². The van der Waals surface area contributed by atoms with Gasteiger partial charge in [0.2, 0.25) is 0 Å². The van der Waals surface area contributed by atoms with E-state index in [1.807, 2.05) is 0 Å². The molecule has 80 valence electrons. The minimum absolute atomic E-state index is 0.195. The molecule has 2 amide bonds. The predicted octanol–water partition coefficient (Wildman–Crippen LogP) is 1.86. The summed E-state index contributed by atoms with van der Waals surface area (Å²) in [6.45, 7) is 1.29. The third-order valence-electron chi connectivity index (χ3n) is 1.99. The van der Waals surface area contributed by atoms with Crippen molar-refractivity contribution >= 4 is 23.3 Å². The number of carbonyl (C=O) groups is 1. The van der Waals surface area contributed by atoms with E-state index in [1.54, 1.807) is 24.3 Å². The normalized spacial score (nSPS) is 18.3. The van der Waals surface area contributed by atoms with Gasteiger partial charge in [0.15, 0.2) is 0 Å². The first-order valence-corrected chi connectivity index (χ1v) is 5.04. The lowest BCUT2D eigenvalue weighted by molar-refractivity contribution is 0.250. The highest BCUT2D eigenvalue weighted by molar-refractivity contribution is 6.30. The number of epoxide rings is 1. The van der Waals surface area contributed by atoms with Gasteiger partial charge in [-0.25, -0.2) is 4.79 Å². The van der Waals surface area contributed by atoms with Crippen LogP contribution < -0.4 is 10.6 Å². The topological polar surface area (TPSA) is 53.7 Å². The van der Waals surface area contributed by atoms with Gasteiger partial charge in [0.1, 0.15) is 0 Å². The first kappa shape index (κ1) is 10.3. The Morgan fingerprint density at radius 3 is 2.73 bits per heavy atom. The largest absolute Gasteiger partial charge is 0.371 e. The van der Waals surface area contributed by atoms with Gasteiger partial charge in [0, 0.05) is 17.3 Å². The van der Waals surface area contributed by atoms with Crippen LogP contribution in [0.25, 0.3) is 0 Å². The fraction of sp³-hybridized carbons (Fsp3) is 0.300. The molecule has 0 aliphatic carbocycles. The standard InChI is InChI=1S/C10H11ClN2O2/c11-7-1-3-8(4-2-7)13-10(14)12-5-9-6-15-9/h1-4,9H,5-6H2,(H2,12,13,14)/t9-/m1/s1. The van der Waals surface area contributed by atoms with Crippen molar-refractivity contribution in [3.05, 3.63) is 29.3 Å². The van der Waals surface area contributed by atoms with Crippen LogP contribution in [0.4, 0.5) is 10.5 Å². The van der Waals surface area contributed by atoms with Gasteiger partial charge in [0.05, 0.1) is 12.7 Å². The molecule has 2 rings (SSSR count). The van der Waals surface area contributed by atoms with E-state index in [1.165, 1.54) is 0 Å². The van der Waals surface area contributed by atoms with Gasteiger partial charge in [-0.05, 0) is 24.3 Å². The van der Waals surface area contributed by atoms with Crippen molar-refractivity contribution in [2.24, 2.45) is 0 Å². The van der Waals surface area contributed by atoms with Gasteiger partial charge in [0.25, 0.3) is 0 Å². The highest BCUT2D eigenvalue weighted by Crippen LogP contribution is 2.13. The molecule has 1 aliphatic heterocycles. The summed E-state index contributed by atoms with van der Waals surface area (Å²) in [5.74, 6) is 0. The zero-order valence-corrected chi connectivity index (χ0v) is 8.75. The van der Waals surface area contributed by atoms with E-state index in [2.05, 4.69) is 10.6 Å². The Kier molecular flexibility index (Phi) is 3.08. The summed E-state index contributed by atoms with van der Waals surface area (Å²) >= 11 is 5.71. The number of halogens is 1. The number of carbonyl (C=O) groups excluding carboxylic acids is 1. The van der Waals surface area contributed by atoms with Crippen LogP contribution in [0, 0.1) is 0 Å². The molecule has 1 fully saturated rings. The molecule has 0 spiro atoms. The van der Waals surface area contributed by atoms with Crippen LogP contribution in [0.5, 0.6) is 0 Å². The Morgan fingerprint density at radius 2 is 2.13 bits per heavy atom. The highest BCUT2D eigenvalue weighted by Gasteiger charge is 2.22. The van der Waals surface area contributed by atoms with Gasteiger partial charge in [-0.15, -0.1) is 0 Å². The van der Waals surface area contributed by atoms with E-state index in [9.17, 15) is 4.79 Å². The van der Waals surface area contributed by atoms with Crippen molar-refractivity contribution < 1.29 is 9.53 Å². The SMILES string of the molecule is O=C(NC[C@@H]1CO1)Nc1ccc(Cl)cc1. The number of benzene rings is 1. The zero-order valence-electron chi connectivity index (χ0n) is 8.00. The number of anilines is 1. The molecule has 15 heavy (non-hydrogen) atoms. The lowest BCUT2D eigenvalue weighted by Gasteiger charge is -2.05. The quantitative estimate of drug-likeness (QED) is 0.773. The van der Waals surface area contributed by atoms with Crippen molar-refractivity contribution in [1.82, 2.24) is 5.32 Å². The Bertz CT molecular complexity index is 349. The molecule has 1 aromatic rings. The molecule has 1 atom stereocenters. The lowest BCUT2D eigenvalue weighted by atomic mass is 10.3. The van der Waals surface area contributed by atoms with E-state index in [0.29, 0.717) is 17.3 Å². The van der Waals surface area contributed by atoms with Crippen LogP contribution >= 0.6 is 11.6 Å². The first-order valence-electron chi connectivity index (χ1n) is 4.66. The van der Waals surface area contributed by atoms with Gasteiger partial charge in [-0.3, -0.25) is 0 Å². The number of rotatable bonds is 3. The fourth-order valence-electron chi connectivity index (χ4n) is 1.10. The third kappa shape index (κ3) is 3.42. The average Bonchev–Trinajstić information content (AvgIpc) is 3.02. The maximum atomic E-state index is 11.3. The van der Waals surface area contributed by atoms with Crippen LogP contribution in [-0.2, 0) is 4.74 Å². The van der Waals surface area contributed by atoms with Crippen molar-refractivity contribution in [1.29, 1.82) is 0 Å². The van der Waals surface area contributed by atoms with Gasteiger partial charge < -0.3 is 15.4 Å². The molecule has 0 unspecified atom stereocenters. The summed E-state index contributed by atoms with van der Waals surface area (Å²) in [5.41, 5.74) is 0.716. The summed E-state index contributed by atoms with van der Waals surface area (Å²) in [6.07, 6.45) is 0.195. The van der Waals surface area contributed by atoms with Gasteiger partial charge >= 0.3 is 6.03 Å². The van der Waals surface area contributed by atoms with E-state index in [4.69, 9.17) is 16.3 Å². The average molecular weight is 227 g/mol. The summed E-state index contributed by atoms with van der Waals surface area (Å²) in [4.78, 5) is 11.3. The van der Waals surface area contributed by atoms with Crippen molar-refractivity contribution in [2.45, 2.75) is 6.10 Å². The molecule has 4 nitrogen and oxygen atoms in total. The Hall–Kier alpha value is -1.26. The maximum Gasteiger partial charge on any atom is 0.319 e. The van der Waals surface area contributed by atoms with E-state index < -0.39 is 0 Å². The number of ether oxygens (including phenoxy) is 1. The highest BCUT2D eigenvalue weighted by atomic mass is 35.5. The second-order valence-corrected chi connectivity index (χ2v) is 3.73.